The Kier molecular flexibility index (Phi) is 2.98. The van der Waals surface area contributed by atoms with E-state index in [0.717, 1.165) is 12.0 Å². The summed E-state index contributed by atoms with van der Waals surface area (Å²) in [6.07, 6.45) is 4.26. The largest absolute Gasteiger partial charge is 0.478 e. The standard InChI is InChI=1S/C8H8BrIO2/c1-5-4-8(9,10)3-2-6(5)7(11)12/h2-3H,4H2,1H3,(H,11,12)/t8-/m0/s1. The lowest BCUT2D eigenvalue weighted by molar-refractivity contribution is -0.132. The van der Waals surface area contributed by atoms with Crippen LogP contribution in [0.15, 0.2) is 23.3 Å². The van der Waals surface area contributed by atoms with Gasteiger partial charge in [-0.25, -0.2) is 4.79 Å². The molecule has 1 N–H and O–H groups in total. The van der Waals surface area contributed by atoms with E-state index in [1.807, 2.05) is 13.0 Å². The summed E-state index contributed by atoms with van der Waals surface area (Å²) >= 11 is 5.72. The van der Waals surface area contributed by atoms with Crippen molar-refractivity contribution < 1.29 is 9.90 Å². The van der Waals surface area contributed by atoms with Gasteiger partial charge < -0.3 is 5.11 Å². The molecule has 0 heterocycles. The van der Waals surface area contributed by atoms with Crippen LogP contribution in [0.5, 0.6) is 0 Å². The van der Waals surface area contributed by atoms with Gasteiger partial charge in [-0.15, -0.1) is 0 Å². The number of alkyl halides is 2. The molecule has 1 aliphatic carbocycles. The van der Waals surface area contributed by atoms with Crippen LogP contribution in [0.2, 0.25) is 0 Å². The summed E-state index contributed by atoms with van der Waals surface area (Å²) in [6.45, 7) is 1.85. The molecular weight excluding hydrogens is 335 g/mol. The SMILES string of the molecule is CC1=C(C(=O)O)C=C[C@](Br)(I)C1. The molecule has 0 bridgehead atoms. The summed E-state index contributed by atoms with van der Waals surface area (Å²) < 4.78 is -0.103. The molecule has 2 nitrogen and oxygen atoms in total. The number of allylic oxidation sites excluding steroid dienone is 2. The van der Waals surface area contributed by atoms with E-state index in [-0.39, 0.29) is 2.33 Å². The second-order valence-corrected chi connectivity index (χ2v) is 7.59. The summed E-state index contributed by atoms with van der Waals surface area (Å²) in [6, 6.07) is 0. The van der Waals surface area contributed by atoms with Crippen LogP contribution < -0.4 is 0 Å². The molecule has 12 heavy (non-hydrogen) atoms. The molecule has 0 spiro atoms. The predicted octanol–water partition coefficient (Wildman–Crippen LogP) is 2.87. The third-order valence-corrected chi connectivity index (χ3v) is 2.97. The van der Waals surface area contributed by atoms with Gasteiger partial charge >= 0.3 is 5.97 Å². The van der Waals surface area contributed by atoms with Crippen molar-refractivity contribution >= 4 is 44.5 Å². The number of rotatable bonds is 1. The third-order valence-electron chi connectivity index (χ3n) is 1.68. The average Bonchev–Trinajstić information content (AvgIpc) is 1.83. The number of carboxylic acid groups (broad SMARTS) is 1. The topological polar surface area (TPSA) is 37.3 Å². The molecule has 1 aliphatic rings. The van der Waals surface area contributed by atoms with Crippen LogP contribution in [-0.4, -0.2) is 13.4 Å². The highest BCUT2D eigenvalue weighted by molar-refractivity contribution is 14.1. The fourth-order valence-corrected chi connectivity index (χ4v) is 2.41. The molecule has 0 unspecified atom stereocenters. The van der Waals surface area contributed by atoms with E-state index in [2.05, 4.69) is 38.5 Å². The van der Waals surface area contributed by atoms with E-state index < -0.39 is 5.97 Å². The normalized spacial score (nSPS) is 29.2. The molecule has 0 aromatic carbocycles. The lowest BCUT2D eigenvalue weighted by Gasteiger charge is -2.21. The van der Waals surface area contributed by atoms with Gasteiger partial charge in [-0.1, -0.05) is 50.2 Å². The minimum Gasteiger partial charge on any atom is -0.478 e. The molecule has 0 saturated carbocycles. The zero-order chi connectivity index (χ0) is 9.35. The van der Waals surface area contributed by atoms with Gasteiger partial charge in [-0.3, -0.25) is 0 Å². The Morgan fingerprint density at radius 3 is 2.83 bits per heavy atom. The first-order valence-corrected chi connectivity index (χ1v) is 5.30. The molecule has 1 atom stereocenters. The van der Waals surface area contributed by atoms with Crippen molar-refractivity contribution in [3.63, 3.8) is 0 Å². The van der Waals surface area contributed by atoms with E-state index in [9.17, 15) is 4.79 Å². The monoisotopic (exact) mass is 342 g/mol. The van der Waals surface area contributed by atoms with Gasteiger partial charge in [0.25, 0.3) is 0 Å². The van der Waals surface area contributed by atoms with Crippen LogP contribution in [0.25, 0.3) is 0 Å². The maximum absolute atomic E-state index is 10.6. The van der Waals surface area contributed by atoms with Gasteiger partial charge in [0.15, 0.2) is 0 Å². The summed E-state index contributed by atoms with van der Waals surface area (Å²) in [5, 5.41) is 8.75. The second-order valence-electron chi connectivity index (χ2n) is 2.77. The Morgan fingerprint density at radius 1 is 1.83 bits per heavy atom. The average molecular weight is 343 g/mol. The first kappa shape index (κ1) is 10.2. The van der Waals surface area contributed by atoms with Crippen LogP contribution >= 0.6 is 38.5 Å². The van der Waals surface area contributed by atoms with Crippen molar-refractivity contribution in [2.75, 3.05) is 0 Å². The quantitative estimate of drug-likeness (QED) is 0.587. The van der Waals surface area contributed by atoms with E-state index in [4.69, 9.17) is 5.11 Å². The van der Waals surface area contributed by atoms with Crippen LogP contribution in [0.4, 0.5) is 0 Å². The maximum atomic E-state index is 10.6. The Morgan fingerprint density at radius 2 is 2.42 bits per heavy atom. The van der Waals surface area contributed by atoms with Crippen molar-refractivity contribution in [2.24, 2.45) is 0 Å². The number of hydrogen-bond acceptors (Lipinski definition) is 1. The number of halogens is 2. The minimum absolute atomic E-state index is 0.103. The fraction of sp³-hybridized carbons (Fsp3) is 0.375. The molecule has 66 valence electrons. The zero-order valence-electron chi connectivity index (χ0n) is 6.47. The highest BCUT2D eigenvalue weighted by Gasteiger charge is 2.25. The molecule has 0 aliphatic heterocycles. The minimum atomic E-state index is -0.844. The Labute approximate surface area is 93.0 Å². The molecule has 0 fully saturated rings. The van der Waals surface area contributed by atoms with Crippen molar-refractivity contribution in [1.29, 1.82) is 0 Å². The lowest BCUT2D eigenvalue weighted by Crippen LogP contribution is -2.15. The fourth-order valence-electron chi connectivity index (χ4n) is 1.11. The highest BCUT2D eigenvalue weighted by Crippen LogP contribution is 2.39. The van der Waals surface area contributed by atoms with Gasteiger partial charge in [0, 0.05) is 0 Å². The molecule has 0 aromatic heterocycles. The maximum Gasteiger partial charge on any atom is 0.335 e. The molecule has 0 aromatic rings. The number of carboxylic acids is 1. The van der Waals surface area contributed by atoms with Crippen molar-refractivity contribution in [1.82, 2.24) is 0 Å². The number of hydrogen-bond donors (Lipinski definition) is 1. The molecule has 4 heteroatoms. The van der Waals surface area contributed by atoms with Gasteiger partial charge in [0.05, 0.1) is 7.90 Å². The summed E-state index contributed by atoms with van der Waals surface area (Å²) in [4.78, 5) is 10.6. The van der Waals surface area contributed by atoms with E-state index in [1.165, 1.54) is 0 Å². The highest BCUT2D eigenvalue weighted by atomic mass is 127. The number of carbonyl (C=O) groups is 1. The third kappa shape index (κ3) is 2.32. The first-order chi connectivity index (χ1) is 5.42. The number of aliphatic carboxylic acids is 1. The molecule has 0 amide bonds. The van der Waals surface area contributed by atoms with Crippen LogP contribution in [0, 0.1) is 0 Å². The van der Waals surface area contributed by atoms with Gasteiger partial charge in [-0.2, -0.15) is 0 Å². The second kappa shape index (κ2) is 3.49. The Bertz CT molecular complexity index is 279. The van der Waals surface area contributed by atoms with Crippen molar-refractivity contribution in [3.8, 4) is 0 Å². The van der Waals surface area contributed by atoms with Crippen LogP contribution in [-0.2, 0) is 4.79 Å². The van der Waals surface area contributed by atoms with Crippen LogP contribution in [0.3, 0.4) is 0 Å². The van der Waals surface area contributed by atoms with Crippen molar-refractivity contribution in [3.05, 3.63) is 23.3 Å². The Balaban J connectivity index is 2.95. The van der Waals surface area contributed by atoms with Gasteiger partial charge in [0.2, 0.25) is 0 Å². The van der Waals surface area contributed by atoms with E-state index >= 15 is 0 Å². The molecular formula is C8H8BrIO2. The lowest BCUT2D eigenvalue weighted by atomic mass is 9.99. The summed E-state index contributed by atoms with van der Waals surface area (Å²) in [5.74, 6) is -0.844. The predicted molar refractivity (Wildman–Crippen MR) is 59.8 cm³/mol. The summed E-state index contributed by atoms with van der Waals surface area (Å²) in [5.41, 5.74) is 1.33. The van der Waals surface area contributed by atoms with E-state index in [0.29, 0.717) is 5.57 Å². The van der Waals surface area contributed by atoms with Crippen molar-refractivity contribution in [2.45, 2.75) is 15.7 Å². The summed E-state index contributed by atoms with van der Waals surface area (Å²) in [7, 11) is 0. The molecule has 1 rings (SSSR count). The first-order valence-electron chi connectivity index (χ1n) is 3.42. The van der Waals surface area contributed by atoms with Crippen LogP contribution in [0.1, 0.15) is 13.3 Å². The molecule has 0 radical (unpaired) electrons. The van der Waals surface area contributed by atoms with Gasteiger partial charge in [0.1, 0.15) is 0 Å². The van der Waals surface area contributed by atoms with E-state index in [1.54, 1.807) is 6.08 Å². The van der Waals surface area contributed by atoms with Gasteiger partial charge in [-0.05, 0) is 19.4 Å². The zero-order valence-corrected chi connectivity index (χ0v) is 10.2. The molecule has 0 saturated heterocycles. The smallest absolute Gasteiger partial charge is 0.335 e. The Hall–Kier alpha value is 0.160.